The first-order chi connectivity index (χ1) is 19.5. The number of amides is 1. The minimum atomic E-state index is -0.422. The molecule has 0 radical (unpaired) electrons. The Labute approximate surface area is 232 Å². The fourth-order valence-electron chi connectivity index (χ4n) is 6.18. The van der Waals surface area contributed by atoms with Gasteiger partial charge in [-0.2, -0.15) is 5.10 Å². The molecule has 1 aromatic carbocycles. The Kier molecular flexibility index (Phi) is 7.06. The number of aromatic nitrogens is 5. The largest absolute Gasteiger partial charge is 0.348 e. The molecule has 0 aliphatic heterocycles. The molecule has 0 saturated heterocycles. The molecule has 8 nitrogen and oxygen atoms in total. The van der Waals surface area contributed by atoms with E-state index in [1.54, 1.807) is 29.2 Å². The van der Waals surface area contributed by atoms with Crippen molar-refractivity contribution in [1.82, 2.24) is 34.9 Å². The standard InChI is InChI=1S/C31H34FN7O/c1-4-39(5-2)27-9-7-6-8-24(27)37-31(40)20-12-10-19(11-13-20)28-23(32)16-34-30-29(28)22-14-25(33-17-26(22)36-30)21-15-35-38(3)18-21/h10-18,24,27H,4-9H2,1-3H3,(H,34,36)(H,37,40). The Morgan fingerprint density at radius 1 is 1.07 bits per heavy atom. The summed E-state index contributed by atoms with van der Waals surface area (Å²) in [5.74, 6) is -0.509. The predicted octanol–water partition coefficient (Wildman–Crippen LogP) is 5.70. The van der Waals surface area contributed by atoms with Gasteiger partial charge in [0.1, 0.15) is 11.5 Å². The van der Waals surface area contributed by atoms with Crippen molar-refractivity contribution in [2.24, 2.45) is 7.05 Å². The number of likely N-dealkylation sites (N-methyl/N-ethyl adjacent to an activating group) is 1. The number of carbonyl (C=O) groups excluding carboxylic acids is 1. The Morgan fingerprint density at radius 3 is 2.58 bits per heavy atom. The molecule has 2 atom stereocenters. The van der Waals surface area contributed by atoms with E-state index >= 15 is 4.39 Å². The van der Waals surface area contributed by atoms with Crippen LogP contribution in [0.3, 0.4) is 0 Å². The van der Waals surface area contributed by atoms with Crippen molar-refractivity contribution >= 4 is 27.8 Å². The molecular formula is C31H34FN7O. The quantitative estimate of drug-likeness (QED) is 0.277. The van der Waals surface area contributed by atoms with Gasteiger partial charge in [-0.3, -0.25) is 19.4 Å². The van der Waals surface area contributed by atoms with Crippen molar-refractivity contribution < 1.29 is 9.18 Å². The highest BCUT2D eigenvalue weighted by atomic mass is 19.1. The first kappa shape index (κ1) is 26.1. The fraction of sp³-hybridized carbons (Fsp3) is 0.355. The van der Waals surface area contributed by atoms with Gasteiger partial charge in [0.25, 0.3) is 5.91 Å². The number of fused-ring (bicyclic) bond motifs is 3. The number of halogens is 1. The Hall–Kier alpha value is -4.11. The highest BCUT2D eigenvalue weighted by Gasteiger charge is 2.30. The van der Waals surface area contributed by atoms with E-state index in [2.05, 4.69) is 44.1 Å². The van der Waals surface area contributed by atoms with E-state index < -0.39 is 5.82 Å². The van der Waals surface area contributed by atoms with Gasteiger partial charge in [0.15, 0.2) is 0 Å². The first-order valence-electron chi connectivity index (χ1n) is 14.1. The van der Waals surface area contributed by atoms with Gasteiger partial charge in [-0.05, 0) is 49.7 Å². The molecule has 40 heavy (non-hydrogen) atoms. The van der Waals surface area contributed by atoms with Gasteiger partial charge in [0.2, 0.25) is 0 Å². The zero-order chi connectivity index (χ0) is 27.8. The highest BCUT2D eigenvalue weighted by Crippen LogP contribution is 2.36. The molecule has 0 spiro atoms. The monoisotopic (exact) mass is 539 g/mol. The number of H-pyrrole nitrogens is 1. The first-order valence-corrected chi connectivity index (χ1v) is 14.1. The van der Waals surface area contributed by atoms with Crippen LogP contribution in [0, 0.1) is 5.82 Å². The van der Waals surface area contributed by atoms with Crippen LogP contribution in [0.25, 0.3) is 44.3 Å². The second-order valence-corrected chi connectivity index (χ2v) is 10.6. The van der Waals surface area contributed by atoms with Crippen molar-refractivity contribution in [2.45, 2.75) is 51.6 Å². The minimum Gasteiger partial charge on any atom is -0.348 e. The zero-order valence-corrected chi connectivity index (χ0v) is 23.1. The van der Waals surface area contributed by atoms with Crippen LogP contribution in [-0.2, 0) is 7.05 Å². The average molecular weight is 540 g/mol. The molecule has 1 aliphatic rings. The van der Waals surface area contributed by atoms with Crippen LogP contribution in [0.15, 0.2) is 55.1 Å². The van der Waals surface area contributed by atoms with Gasteiger partial charge in [0, 0.05) is 52.8 Å². The molecule has 9 heteroatoms. The van der Waals surface area contributed by atoms with E-state index in [0.29, 0.717) is 33.8 Å². The summed E-state index contributed by atoms with van der Waals surface area (Å²) in [5, 5.41) is 9.05. The maximum atomic E-state index is 15.4. The van der Waals surface area contributed by atoms with Crippen LogP contribution in [0.4, 0.5) is 4.39 Å². The minimum absolute atomic E-state index is 0.0877. The van der Waals surface area contributed by atoms with Crippen molar-refractivity contribution in [2.75, 3.05) is 13.1 Å². The van der Waals surface area contributed by atoms with Crippen LogP contribution in [0.1, 0.15) is 49.9 Å². The molecular weight excluding hydrogens is 505 g/mol. The van der Waals surface area contributed by atoms with E-state index in [-0.39, 0.29) is 11.9 Å². The van der Waals surface area contributed by atoms with E-state index in [4.69, 9.17) is 0 Å². The average Bonchev–Trinajstić information content (AvgIpc) is 3.57. The molecule has 1 fully saturated rings. The molecule has 6 rings (SSSR count). The van der Waals surface area contributed by atoms with Crippen molar-refractivity contribution in [1.29, 1.82) is 0 Å². The van der Waals surface area contributed by atoms with Crippen LogP contribution < -0.4 is 5.32 Å². The van der Waals surface area contributed by atoms with Crippen molar-refractivity contribution in [3.8, 4) is 22.4 Å². The third-order valence-electron chi connectivity index (χ3n) is 8.22. The Bertz CT molecular complexity index is 1670. The molecule has 1 amide bonds. The molecule has 1 aliphatic carbocycles. The summed E-state index contributed by atoms with van der Waals surface area (Å²) in [6, 6.07) is 9.63. The number of nitrogens with zero attached hydrogens (tertiary/aromatic N) is 5. The van der Waals surface area contributed by atoms with Gasteiger partial charge in [0.05, 0.1) is 29.8 Å². The lowest BCUT2D eigenvalue weighted by atomic mass is 9.88. The molecule has 206 valence electrons. The number of aromatic amines is 1. The molecule has 4 aromatic heterocycles. The van der Waals surface area contributed by atoms with Crippen LogP contribution in [0.5, 0.6) is 0 Å². The van der Waals surface area contributed by atoms with Gasteiger partial charge >= 0.3 is 0 Å². The van der Waals surface area contributed by atoms with Gasteiger partial charge in [-0.15, -0.1) is 0 Å². The lowest BCUT2D eigenvalue weighted by molar-refractivity contribution is 0.0846. The molecule has 2 unspecified atom stereocenters. The zero-order valence-electron chi connectivity index (χ0n) is 23.1. The number of benzene rings is 1. The van der Waals surface area contributed by atoms with E-state index in [1.165, 1.54) is 12.6 Å². The van der Waals surface area contributed by atoms with Gasteiger partial charge in [-0.1, -0.05) is 38.8 Å². The van der Waals surface area contributed by atoms with Crippen LogP contribution in [-0.4, -0.2) is 60.7 Å². The molecule has 5 aromatic rings. The molecule has 1 saturated carbocycles. The number of hydrogen-bond donors (Lipinski definition) is 2. The summed E-state index contributed by atoms with van der Waals surface area (Å²) in [6.45, 7) is 6.30. The van der Waals surface area contributed by atoms with Crippen molar-refractivity contribution in [3.05, 3.63) is 66.5 Å². The Morgan fingerprint density at radius 2 is 1.85 bits per heavy atom. The number of rotatable bonds is 7. The normalized spacial score (nSPS) is 17.6. The number of nitrogens with one attached hydrogen (secondary N) is 2. The van der Waals surface area contributed by atoms with Gasteiger partial charge < -0.3 is 10.3 Å². The van der Waals surface area contributed by atoms with Crippen LogP contribution >= 0.6 is 0 Å². The topological polar surface area (TPSA) is 91.7 Å². The third kappa shape index (κ3) is 4.75. The lowest BCUT2D eigenvalue weighted by Crippen LogP contribution is -2.53. The third-order valence-corrected chi connectivity index (χ3v) is 8.22. The molecule has 4 heterocycles. The summed E-state index contributed by atoms with van der Waals surface area (Å²) < 4.78 is 17.1. The Balaban J connectivity index is 1.33. The number of hydrogen-bond acceptors (Lipinski definition) is 5. The SMILES string of the molecule is CCN(CC)C1CCCCC1NC(=O)c1ccc(-c2c(F)cnc3[nH]c4cnc(-c5cnn(C)c5)cc4c23)cc1. The summed E-state index contributed by atoms with van der Waals surface area (Å²) in [5.41, 5.74) is 4.67. The summed E-state index contributed by atoms with van der Waals surface area (Å²) in [7, 11) is 1.85. The lowest BCUT2D eigenvalue weighted by Gasteiger charge is -2.39. The number of aryl methyl sites for hydroxylation is 1. The second-order valence-electron chi connectivity index (χ2n) is 10.6. The molecule has 0 bridgehead atoms. The number of carbonyl (C=O) groups is 1. The smallest absolute Gasteiger partial charge is 0.251 e. The highest BCUT2D eigenvalue weighted by molar-refractivity contribution is 6.13. The number of pyridine rings is 2. The van der Waals surface area contributed by atoms with E-state index in [1.807, 2.05) is 31.4 Å². The fourth-order valence-corrected chi connectivity index (χ4v) is 6.18. The maximum Gasteiger partial charge on any atom is 0.251 e. The van der Waals surface area contributed by atoms with Gasteiger partial charge in [-0.25, -0.2) is 9.37 Å². The van der Waals surface area contributed by atoms with E-state index in [0.717, 1.165) is 54.5 Å². The van der Waals surface area contributed by atoms with Crippen LogP contribution in [0.2, 0.25) is 0 Å². The van der Waals surface area contributed by atoms with Crippen molar-refractivity contribution in [3.63, 3.8) is 0 Å². The summed E-state index contributed by atoms with van der Waals surface area (Å²) in [6.07, 6.45) is 11.0. The summed E-state index contributed by atoms with van der Waals surface area (Å²) >= 11 is 0. The maximum absolute atomic E-state index is 15.4. The predicted molar refractivity (Wildman–Crippen MR) is 155 cm³/mol. The van der Waals surface area contributed by atoms with E-state index in [9.17, 15) is 4.79 Å². The summed E-state index contributed by atoms with van der Waals surface area (Å²) in [4.78, 5) is 27.8. The molecule has 2 N–H and O–H groups in total. The second kappa shape index (κ2) is 10.8.